The van der Waals surface area contributed by atoms with Crippen LogP contribution in [0.25, 0.3) is 0 Å². The van der Waals surface area contributed by atoms with Gasteiger partial charge in [0.15, 0.2) is 0 Å². The zero-order chi connectivity index (χ0) is 13.8. The van der Waals surface area contributed by atoms with Crippen LogP contribution in [0.4, 0.5) is 0 Å². The van der Waals surface area contributed by atoms with Crippen LogP contribution in [-0.2, 0) is 6.54 Å². The molecule has 1 heteroatoms. The van der Waals surface area contributed by atoms with Crippen molar-refractivity contribution in [2.24, 2.45) is 0 Å². The van der Waals surface area contributed by atoms with Gasteiger partial charge in [0.2, 0.25) is 0 Å². The molecule has 0 saturated carbocycles. The maximum atomic E-state index is 2.54. The molecule has 1 aliphatic heterocycles. The second-order valence-corrected chi connectivity index (χ2v) is 5.46. The smallest absolute Gasteiger partial charge is 0.0546 e. The number of allylic oxidation sites excluding steroid dienone is 2. The highest BCUT2D eigenvalue weighted by molar-refractivity contribution is 5.24. The van der Waals surface area contributed by atoms with Gasteiger partial charge in [0.05, 0.1) is 6.04 Å². The summed E-state index contributed by atoms with van der Waals surface area (Å²) in [6.45, 7) is 3.22. The molecule has 3 rings (SSSR count). The van der Waals surface area contributed by atoms with Crippen molar-refractivity contribution in [3.05, 3.63) is 83.6 Å². The molecule has 0 fully saturated rings. The number of benzene rings is 2. The third-order valence-electron chi connectivity index (χ3n) is 4.09. The molecule has 0 bridgehead atoms. The van der Waals surface area contributed by atoms with Gasteiger partial charge in [-0.3, -0.25) is 0 Å². The quantitative estimate of drug-likeness (QED) is 0.759. The van der Waals surface area contributed by atoms with Gasteiger partial charge < -0.3 is 4.90 Å². The molecule has 0 saturated heterocycles. The summed E-state index contributed by atoms with van der Waals surface area (Å²) >= 11 is 0. The average molecular weight is 263 g/mol. The van der Waals surface area contributed by atoms with Crippen molar-refractivity contribution in [3.63, 3.8) is 0 Å². The van der Waals surface area contributed by atoms with E-state index < -0.39 is 0 Å². The minimum Gasteiger partial charge on any atom is -0.364 e. The van der Waals surface area contributed by atoms with Gasteiger partial charge >= 0.3 is 0 Å². The highest BCUT2D eigenvalue weighted by Gasteiger charge is 2.23. The van der Waals surface area contributed by atoms with E-state index in [4.69, 9.17) is 0 Å². The van der Waals surface area contributed by atoms with Crippen LogP contribution in [-0.4, -0.2) is 4.90 Å². The van der Waals surface area contributed by atoms with E-state index in [1.807, 2.05) is 0 Å². The van der Waals surface area contributed by atoms with Gasteiger partial charge in [0, 0.05) is 12.2 Å². The fourth-order valence-corrected chi connectivity index (χ4v) is 3.01. The maximum Gasteiger partial charge on any atom is 0.0546 e. The standard InChI is InChI=1S/C19H21N/c1-16-9-8-14-19(18-12-6-3-7-13-18)20(16)15-17-10-4-2-5-11-17/h2-7,9-13,19H,8,14-15H2,1H3. The monoisotopic (exact) mass is 263 g/mol. The summed E-state index contributed by atoms with van der Waals surface area (Å²) in [4.78, 5) is 2.54. The van der Waals surface area contributed by atoms with E-state index in [2.05, 4.69) is 78.6 Å². The molecule has 0 aromatic heterocycles. The van der Waals surface area contributed by atoms with Crippen molar-refractivity contribution in [2.75, 3.05) is 0 Å². The Kier molecular flexibility index (Phi) is 3.87. The van der Waals surface area contributed by atoms with Gasteiger partial charge in [-0.25, -0.2) is 0 Å². The lowest BCUT2D eigenvalue weighted by molar-refractivity contribution is 0.220. The summed E-state index contributed by atoms with van der Waals surface area (Å²) in [7, 11) is 0. The summed E-state index contributed by atoms with van der Waals surface area (Å²) in [5.41, 5.74) is 4.20. The van der Waals surface area contributed by atoms with Crippen LogP contribution in [0.2, 0.25) is 0 Å². The molecule has 1 atom stereocenters. The molecule has 20 heavy (non-hydrogen) atoms. The number of nitrogens with zero attached hydrogens (tertiary/aromatic N) is 1. The Morgan fingerprint density at radius 2 is 1.60 bits per heavy atom. The topological polar surface area (TPSA) is 3.24 Å². The van der Waals surface area contributed by atoms with E-state index in [0.717, 1.165) is 6.54 Å². The van der Waals surface area contributed by atoms with Gasteiger partial charge in [-0.1, -0.05) is 66.7 Å². The molecular formula is C19H21N. The lowest BCUT2D eigenvalue weighted by Crippen LogP contribution is -2.29. The molecule has 0 radical (unpaired) electrons. The molecule has 1 aliphatic rings. The molecule has 0 N–H and O–H groups in total. The van der Waals surface area contributed by atoms with Crippen molar-refractivity contribution in [1.29, 1.82) is 0 Å². The Morgan fingerprint density at radius 1 is 0.950 bits per heavy atom. The van der Waals surface area contributed by atoms with Gasteiger partial charge in [0.1, 0.15) is 0 Å². The van der Waals surface area contributed by atoms with E-state index >= 15 is 0 Å². The Morgan fingerprint density at radius 3 is 2.30 bits per heavy atom. The van der Waals surface area contributed by atoms with Gasteiger partial charge in [-0.2, -0.15) is 0 Å². The van der Waals surface area contributed by atoms with E-state index in [9.17, 15) is 0 Å². The average Bonchev–Trinajstić information content (AvgIpc) is 2.51. The first kappa shape index (κ1) is 13.0. The third kappa shape index (κ3) is 2.77. The van der Waals surface area contributed by atoms with E-state index in [1.54, 1.807) is 0 Å². The van der Waals surface area contributed by atoms with Crippen LogP contribution in [0.15, 0.2) is 72.4 Å². The first-order valence-electron chi connectivity index (χ1n) is 7.37. The van der Waals surface area contributed by atoms with Crippen molar-refractivity contribution < 1.29 is 0 Å². The molecule has 1 heterocycles. The number of hydrogen-bond acceptors (Lipinski definition) is 1. The molecule has 0 spiro atoms. The second-order valence-electron chi connectivity index (χ2n) is 5.46. The van der Waals surface area contributed by atoms with E-state index in [-0.39, 0.29) is 0 Å². The van der Waals surface area contributed by atoms with Crippen LogP contribution in [0.1, 0.15) is 36.9 Å². The van der Waals surface area contributed by atoms with E-state index in [1.165, 1.54) is 29.7 Å². The fourth-order valence-electron chi connectivity index (χ4n) is 3.01. The largest absolute Gasteiger partial charge is 0.364 e. The zero-order valence-electron chi connectivity index (χ0n) is 12.0. The second kappa shape index (κ2) is 5.96. The van der Waals surface area contributed by atoms with Crippen LogP contribution in [0.5, 0.6) is 0 Å². The predicted molar refractivity (Wildman–Crippen MR) is 84.2 cm³/mol. The minimum atomic E-state index is 0.501. The third-order valence-corrected chi connectivity index (χ3v) is 4.09. The molecule has 102 valence electrons. The molecule has 1 nitrogen and oxygen atoms in total. The highest BCUT2D eigenvalue weighted by Crippen LogP contribution is 2.34. The lowest BCUT2D eigenvalue weighted by atomic mass is 9.95. The summed E-state index contributed by atoms with van der Waals surface area (Å²) in [6, 6.07) is 22.1. The number of rotatable bonds is 3. The molecule has 2 aromatic rings. The Labute approximate surface area is 121 Å². The molecule has 0 amide bonds. The zero-order valence-corrected chi connectivity index (χ0v) is 12.0. The highest BCUT2D eigenvalue weighted by atomic mass is 15.2. The van der Waals surface area contributed by atoms with Crippen molar-refractivity contribution in [1.82, 2.24) is 4.90 Å². The van der Waals surface area contributed by atoms with Gasteiger partial charge in [-0.15, -0.1) is 0 Å². The summed E-state index contributed by atoms with van der Waals surface area (Å²) in [5, 5.41) is 0. The Hall–Kier alpha value is -2.02. The lowest BCUT2D eigenvalue weighted by Gasteiger charge is -2.37. The minimum absolute atomic E-state index is 0.501. The van der Waals surface area contributed by atoms with Crippen LogP contribution in [0, 0.1) is 0 Å². The fraction of sp³-hybridized carbons (Fsp3) is 0.263. The molecule has 2 aromatic carbocycles. The normalized spacial score (nSPS) is 18.8. The Balaban J connectivity index is 1.87. The van der Waals surface area contributed by atoms with Gasteiger partial charge in [0.25, 0.3) is 0 Å². The first-order chi connectivity index (χ1) is 9.84. The van der Waals surface area contributed by atoms with Crippen LogP contribution >= 0.6 is 0 Å². The predicted octanol–water partition coefficient (Wildman–Crippen LogP) is 4.93. The summed E-state index contributed by atoms with van der Waals surface area (Å²) < 4.78 is 0. The first-order valence-corrected chi connectivity index (χ1v) is 7.37. The van der Waals surface area contributed by atoms with Gasteiger partial charge in [-0.05, 0) is 30.9 Å². The molecule has 0 aliphatic carbocycles. The molecular weight excluding hydrogens is 242 g/mol. The van der Waals surface area contributed by atoms with Crippen molar-refractivity contribution in [2.45, 2.75) is 32.4 Å². The SMILES string of the molecule is CC1=CCCC(c2ccccc2)N1Cc1ccccc1. The maximum absolute atomic E-state index is 2.54. The van der Waals surface area contributed by atoms with Crippen LogP contribution < -0.4 is 0 Å². The summed E-state index contributed by atoms with van der Waals surface area (Å²) in [5.74, 6) is 0. The summed E-state index contributed by atoms with van der Waals surface area (Å²) in [6.07, 6.45) is 4.74. The van der Waals surface area contributed by atoms with E-state index in [0.29, 0.717) is 6.04 Å². The van der Waals surface area contributed by atoms with Crippen LogP contribution in [0.3, 0.4) is 0 Å². The Bertz CT molecular complexity index is 571. The van der Waals surface area contributed by atoms with Crippen molar-refractivity contribution >= 4 is 0 Å². The number of hydrogen-bond donors (Lipinski definition) is 0. The molecule has 1 unspecified atom stereocenters. The van der Waals surface area contributed by atoms with Crippen molar-refractivity contribution in [3.8, 4) is 0 Å².